The van der Waals surface area contributed by atoms with E-state index in [1.54, 1.807) is 42.5 Å². The second-order valence-electron chi connectivity index (χ2n) is 7.42. The van der Waals surface area contributed by atoms with Crippen molar-refractivity contribution in [1.82, 2.24) is 5.43 Å². The van der Waals surface area contributed by atoms with Crippen LogP contribution in [0.4, 0.5) is 5.69 Å². The lowest BCUT2D eigenvalue weighted by molar-refractivity contribution is -0.119. The zero-order valence-electron chi connectivity index (χ0n) is 17.8. The van der Waals surface area contributed by atoms with Gasteiger partial charge >= 0.3 is 0 Å². The van der Waals surface area contributed by atoms with Crippen molar-refractivity contribution in [3.05, 3.63) is 94.5 Å². The van der Waals surface area contributed by atoms with E-state index in [9.17, 15) is 13.2 Å². The van der Waals surface area contributed by atoms with Gasteiger partial charge in [0.1, 0.15) is 6.54 Å². The maximum absolute atomic E-state index is 13.2. The van der Waals surface area contributed by atoms with Crippen molar-refractivity contribution >= 4 is 43.8 Å². The number of rotatable bonds is 8. The number of carbonyl (C=O) groups excluding carboxylic acids is 1. The molecule has 3 aromatic carbocycles. The Labute approximate surface area is 197 Å². The molecule has 0 bridgehead atoms. The Hall–Kier alpha value is -2.97. The molecule has 6 nitrogen and oxygen atoms in total. The lowest BCUT2D eigenvalue weighted by Gasteiger charge is -2.23. The monoisotopic (exact) mass is 513 g/mol. The Kier molecular flexibility index (Phi) is 7.82. The minimum atomic E-state index is -3.95. The van der Waals surface area contributed by atoms with Gasteiger partial charge in [-0.2, -0.15) is 5.10 Å². The second kappa shape index (κ2) is 10.6. The van der Waals surface area contributed by atoms with Gasteiger partial charge in [-0.15, -0.1) is 0 Å². The number of amides is 1. The molecule has 0 radical (unpaired) electrons. The molecule has 166 valence electrons. The van der Waals surface area contributed by atoms with Crippen LogP contribution in [-0.2, 0) is 14.8 Å². The summed E-state index contributed by atoms with van der Waals surface area (Å²) in [6.45, 7) is 3.82. The van der Waals surface area contributed by atoms with Crippen molar-refractivity contribution in [3.8, 4) is 0 Å². The number of anilines is 1. The molecule has 32 heavy (non-hydrogen) atoms. The van der Waals surface area contributed by atoms with Gasteiger partial charge < -0.3 is 0 Å². The predicted octanol–water partition coefficient (Wildman–Crippen LogP) is 4.92. The van der Waals surface area contributed by atoms with Crippen LogP contribution in [0.25, 0.3) is 0 Å². The van der Waals surface area contributed by atoms with Crippen molar-refractivity contribution in [3.63, 3.8) is 0 Å². The van der Waals surface area contributed by atoms with E-state index in [1.807, 2.05) is 24.3 Å². The molecule has 3 rings (SSSR count). The van der Waals surface area contributed by atoms with Gasteiger partial charge in [-0.1, -0.05) is 72.2 Å². The molecular weight excluding hydrogens is 490 g/mol. The van der Waals surface area contributed by atoms with Crippen molar-refractivity contribution < 1.29 is 13.2 Å². The highest BCUT2D eigenvalue weighted by Crippen LogP contribution is 2.25. The van der Waals surface area contributed by atoms with Gasteiger partial charge in [0.05, 0.1) is 16.8 Å². The van der Waals surface area contributed by atoms with Crippen molar-refractivity contribution in [1.29, 1.82) is 0 Å². The van der Waals surface area contributed by atoms with E-state index in [1.165, 1.54) is 23.9 Å². The van der Waals surface area contributed by atoms with Crippen molar-refractivity contribution in [2.45, 2.75) is 24.7 Å². The van der Waals surface area contributed by atoms with Gasteiger partial charge in [0.25, 0.3) is 15.9 Å². The Balaban J connectivity index is 1.77. The van der Waals surface area contributed by atoms with Crippen molar-refractivity contribution in [2.75, 3.05) is 10.8 Å². The summed E-state index contributed by atoms with van der Waals surface area (Å²) in [6, 6.07) is 22.6. The summed E-state index contributed by atoms with van der Waals surface area (Å²) in [6.07, 6.45) is 1.53. The molecule has 0 saturated heterocycles. The smallest absolute Gasteiger partial charge is 0.264 e. The van der Waals surface area contributed by atoms with E-state index in [0.717, 1.165) is 14.3 Å². The molecule has 0 saturated carbocycles. The predicted molar refractivity (Wildman–Crippen MR) is 131 cm³/mol. The first-order valence-electron chi connectivity index (χ1n) is 10.0. The molecule has 0 aliphatic rings. The maximum Gasteiger partial charge on any atom is 0.264 e. The van der Waals surface area contributed by atoms with Gasteiger partial charge in [-0.25, -0.2) is 13.8 Å². The zero-order chi connectivity index (χ0) is 23.1. The van der Waals surface area contributed by atoms with Gasteiger partial charge in [-0.05, 0) is 53.4 Å². The van der Waals surface area contributed by atoms with Crippen LogP contribution in [0.15, 0.2) is 93.3 Å². The molecule has 0 fully saturated rings. The first-order chi connectivity index (χ1) is 15.3. The SMILES string of the molecule is CC(C)c1ccc(/C=N\NC(=O)CN(c2ccc(Br)cc2)S(=O)(=O)c2ccccc2)cc1. The third kappa shape index (κ3) is 6.05. The number of carbonyl (C=O) groups is 1. The first-order valence-corrected chi connectivity index (χ1v) is 12.3. The largest absolute Gasteiger partial charge is 0.271 e. The Bertz CT molecular complexity index is 1180. The van der Waals surface area contributed by atoms with Gasteiger partial charge in [-0.3, -0.25) is 9.10 Å². The van der Waals surface area contributed by atoms with Crippen molar-refractivity contribution in [2.24, 2.45) is 5.10 Å². The Morgan fingerprint density at radius 1 is 1.00 bits per heavy atom. The number of hydrogen-bond donors (Lipinski definition) is 1. The fourth-order valence-electron chi connectivity index (χ4n) is 2.95. The molecule has 0 heterocycles. The summed E-state index contributed by atoms with van der Waals surface area (Å²) >= 11 is 3.34. The van der Waals surface area contributed by atoms with Crippen LogP contribution in [0.3, 0.4) is 0 Å². The second-order valence-corrected chi connectivity index (χ2v) is 10.2. The number of halogens is 1. The Morgan fingerprint density at radius 2 is 1.62 bits per heavy atom. The minimum Gasteiger partial charge on any atom is -0.271 e. The van der Waals surface area contributed by atoms with E-state index < -0.39 is 22.5 Å². The number of nitrogens with one attached hydrogen (secondary N) is 1. The Morgan fingerprint density at radius 3 is 2.22 bits per heavy atom. The fourth-order valence-corrected chi connectivity index (χ4v) is 4.66. The van der Waals surface area contributed by atoms with Gasteiger partial charge in [0.2, 0.25) is 0 Å². The molecule has 3 aromatic rings. The fraction of sp³-hybridized carbons (Fsp3) is 0.167. The molecule has 0 unspecified atom stereocenters. The summed E-state index contributed by atoms with van der Waals surface area (Å²) in [4.78, 5) is 12.7. The van der Waals surface area contributed by atoms with E-state index in [4.69, 9.17) is 0 Å². The first kappa shape index (κ1) is 23.7. The number of benzene rings is 3. The van der Waals surface area contributed by atoms with E-state index >= 15 is 0 Å². The number of sulfonamides is 1. The van der Waals surface area contributed by atoms with Crippen LogP contribution in [0.1, 0.15) is 30.9 Å². The molecular formula is C24H24BrN3O3S. The summed E-state index contributed by atoms with van der Waals surface area (Å²) in [5, 5.41) is 3.98. The number of nitrogens with zero attached hydrogens (tertiary/aromatic N) is 2. The summed E-state index contributed by atoms with van der Waals surface area (Å²) in [5.74, 6) is -0.126. The highest BCUT2D eigenvalue weighted by molar-refractivity contribution is 9.10. The molecule has 0 aliphatic heterocycles. The molecule has 0 spiro atoms. The average Bonchev–Trinajstić information content (AvgIpc) is 2.79. The third-order valence-electron chi connectivity index (χ3n) is 4.74. The van der Waals surface area contributed by atoms with Crippen LogP contribution < -0.4 is 9.73 Å². The molecule has 8 heteroatoms. The topological polar surface area (TPSA) is 78.8 Å². The molecule has 1 amide bonds. The average molecular weight is 514 g/mol. The van der Waals surface area contributed by atoms with Crippen LogP contribution in [0.5, 0.6) is 0 Å². The summed E-state index contributed by atoms with van der Waals surface area (Å²) < 4.78 is 28.3. The lowest BCUT2D eigenvalue weighted by atomic mass is 10.0. The lowest BCUT2D eigenvalue weighted by Crippen LogP contribution is -2.39. The molecule has 0 atom stereocenters. The highest BCUT2D eigenvalue weighted by atomic mass is 79.9. The van der Waals surface area contributed by atoms with Crippen LogP contribution in [-0.4, -0.2) is 27.1 Å². The number of hydrazone groups is 1. The quantitative estimate of drug-likeness (QED) is 0.343. The van der Waals surface area contributed by atoms with Gasteiger partial charge in [0.15, 0.2) is 0 Å². The van der Waals surface area contributed by atoms with E-state index in [0.29, 0.717) is 11.6 Å². The van der Waals surface area contributed by atoms with E-state index in [-0.39, 0.29) is 4.90 Å². The summed E-state index contributed by atoms with van der Waals surface area (Å²) in [5.41, 5.74) is 4.83. The highest BCUT2D eigenvalue weighted by Gasteiger charge is 2.27. The van der Waals surface area contributed by atoms with Crippen LogP contribution >= 0.6 is 15.9 Å². The van der Waals surface area contributed by atoms with Gasteiger partial charge in [0, 0.05) is 4.47 Å². The zero-order valence-corrected chi connectivity index (χ0v) is 20.2. The third-order valence-corrected chi connectivity index (χ3v) is 7.06. The van der Waals surface area contributed by atoms with Crippen LogP contribution in [0, 0.1) is 0 Å². The summed E-state index contributed by atoms with van der Waals surface area (Å²) in [7, 11) is -3.95. The number of hydrogen-bond acceptors (Lipinski definition) is 4. The maximum atomic E-state index is 13.2. The molecule has 0 aromatic heterocycles. The van der Waals surface area contributed by atoms with Crippen LogP contribution in [0.2, 0.25) is 0 Å². The normalized spacial score (nSPS) is 11.6. The van der Waals surface area contributed by atoms with E-state index in [2.05, 4.69) is 40.3 Å². The standard InChI is InChI=1S/C24H24BrN3O3S/c1-18(2)20-10-8-19(9-11-20)16-26-27-24(29)17-28(22-14-12-21(25)13-15-22)32(30,31)23-6-4-3-5-7-23/h3-16,18H,17H2,1-2H3,(H,27,29)/b26-16-. The molecule has 0 aliphatic carbocycles. The minimum absolute atomic E-state index is 0.101. The molecule has 1 N–H and O–H groups in total.